The number of aryl methyl sites for hydroxylation is 2. The Labute approximate surface area is 132 Å². The molecule has 2 aromatic rings. The lowest BCUT2D eigenvalue weighted by Crippen LogP contribution is -2.11. The molecule has 0 heterocycles. The highest BCUT2D eigenvalue weighted by Gasteiger charge is 2.18. The Kier molecular flexibility index (Phi) is 4.03. The molecule has 0 fully saturated rings. The highest BCUT2D eigenvalue weighted by Crippen LogP contribution is 2.29. The van der Waals surface area contributed by atoms with Crippen LogP contribution in [0.5, 0.6) is 0 Å². The van der Waals surface area contributed by atoms with Crippen LogP contribution in [0.1, 0.15) is 41.2 Å². The van der Waals surface area contributed by atoms with Gasteiger partial charge in [0.15, 0.2) is 0 Å². The summed E-state index contributed by atoms with van der Waals surface area (Å²) in [5, 5.41) is 0. The van der Waals surface area contributed by atoms with Gasteiger partial charge in [-0.3, -0.25) is 0 Å². The van der Waals surface area contributed by atoms with Gasteiger partial charge in [0.1, 0.15) is 0 Å². The molecule has 2 aromatic carbocycles. The molecule has 0 aromatic heterocycles. The van der Waals surface area contributed by atoms with E-state index >= 15 is 0 Å². The van der Waals surface area contributed by atoms with Crippen LogP contribution < -0.4 is 0 Å². The molecule has 0 saturated heterocycles. The second-order valence-corrected chi connectivity index (χ2v) is 6.17. The van der Waals surface area contributed by atoms with Gasteiger partial charge in [-0.2, -0.15) is 0 Å². The van der Waals surface area contributed by atoms with Crippen LogP contribution in [0.4, 0.5) is 0 Å². The Morgan fingerprint density at radius 3 is 2.52 bits per heavy atom. The molecule has 0 unspecified atom stereocenters. The minimum Gasteiger partial charge on any atom is -0.0788 e. The zero-order chi connectivity index (χ0) is 14.8. The molecule has 0 N–H and O–H groups in total. The van der Waals surface area contributed by atoms with Crippen LogP contribution >= 0.6 is 12.2 Å². The van der Waals surface area contributed by atoms with Gasteiger partial charge in [0, 0.05) is 0 Å². The first-order valence-electron chi connectivity index (χ1n) is 7.62. The van der Waals surface area contributed by atoms with E-state index in [4.69, 9.17) is 12.2 Å². The third kappa shape index (κ3) is 2.84. The third-order valence-corrected chi connectivity index (χ3v) is 4.53. The van der Waals surface area contributed by atoms with E-state index < -0.39 is 0 Å². The Morgan fingerprint density at radius 2 is 1.81 bits per heavy atom. The van der Waals surface area contributed by atoms with Crippen LogP contribution in [0.15, 0.2) is 48.5 Å². The molecule has 0 bridgehead atoms. The van der Waals surface area contributed by atoms with Crippen molar-refractivity contribution in [1.82, 2.24) is 0 Å². The summed E-state index contributed by atoms with van der Waals surface area (Å²) >= 11 is 5.74. The van der Waals surface area contributed by atoms with Crippen molar-refractivity contribution in [1.29, 1.82) is 0 Å². The normalized spacial score (nSPS) is 13.8. The molecule has 0 spiro atoms. The molecule has 0 atom stereocenters. The van der Waals surface area contributed by atoms with Gasteiger partial charge in [-0.15, -0.1) is 0 Å². The van der Waals surface area contributed by atoms with Crippen LogP contribution in [0.3, 0.4) is 0 Å². The van der Waals surface area contributed by atoms with E-state index in [2.05, 4.69) is 62.4 Å². The topological polar surface area (TPSA) is 0 Å². The number of hydrogen-bond acceptors (Lipinski definition) is 1. The van der Waals surface area contributed by atoms with Gasteiger partial charge < -0.3 is 0 Å². The largest absolute Gasteiger partial charge is 0.0788 e. The Bertz CT molecular complexity index is 705. The summed E-state index contributed by atoms with van der Waals surface area (Å²) in [5.41, 5.74) is 7.76. The van der Waals surface area contributed by atoms with Crippen LogP contribution in [0.2, 0.25) is 0 Å². The number of rotatable bonds is 3. The molecule has 0 radical (unpaired) electrons. The Balaban J connectivity index is 1.95. The minimum absolute atomic E-state index is 0.982. The average molecular weight is 292 g/mol. The number of benzene rings is 2. The molecule has 1 aliphatic rings. The van der Waals surface area contributed by atoms with E-state index in [1.807, 2.05) is 0 Å². The van der Waals surface area contributed by atoms with Gasteiger partial charge in [-0.05, 0) is 47.6 Å². The van der Waals surface area contributed by atoms with Gasteiger partial charge in [-0.1, -0.05) is 79.7 Å². The number of allylic oxidation sites excluding steroid dienone is 2. The maximum absolute atomic E-state index is 5.74. The fraction of sp³-hybridized carbons (Fsp3) is 0.250. The van der Waals surface area contributed by atoms with Crippen LogP contribution in [-0.2, 0) is 12.8 Å². The molecule has 106 valence electrons. The summed E-state index contributed by atoms with van der Waals surface area (Å²) in [6.07, 6.45) is 5.60. The standard InChI is InChI=1S/C20H20S/c1-3-4-15-7-11-19-17(13-15)10-12-18(20(19)21)16-8-5-14(2)6-9-16/h5-9,11-13H,3-4,10H2,1-2H3. The SMILES string of the molecule is CCCc1ccc2c(c1)CC=C(c1ccc(C)cc1)C2=S. The van der Waals surface area contributed by atoms with E-state index in [1.165, 1.54) is 39.8 Å². The summed E-state index contributed by atoms with van der Waals surface area (Å²) in [6.45, 7) is 4.33. The van der Waals surface area contributed by atoms with Crippen molar-refractivity contribution in [2.75, 3.05) is 0 Å². The van der Waals surface area contributed by atoms with Crippen molar-refractivity contribution in [2.45, 2.75) is 33.1 Å². The lowest BCUT2D eigenvalue weighted by Gasteiger charge is -2.19. The summed E-state index contributed by atoms with van der Waals surface area (Å²) < 4.78 is 0. The first kappa shape index (κ1) is 14.2. The smallest absolute Gasteiger partial charge is 0.0527 e. The van der Waals surface area contributed by atoms with E-state index in [9.17, 15) is 0 Å². The molecule has 0 saturated carbocycles. The molecule has 0 aliphatic heterocycles. The first-order valence-corrected chi connectivity index (χ1v) is 8.03. The van der Waals surface area contributed by atoms with Crippen LogP contribution in [-0.4, -0.2) is 4.86 Å². The van der Waals surface area contributed by atoms with E-state index in [0.717, 1.165) is 17.7 Å². The zero-order valence-corrected chi connectivity index (χ0v) is 13.5. The van der Waals surface area contributed by atoms with Crippen LogP contribution in [0.25, 0.3) is 5.57 Å². The first-order chi connectivity index (χ1) is 10.2. The monoisotopic (exact) mass is 292 g/mol. The maximum Gasteiger partial charge on any atom is 0.0527 e. The molecule has 0 amide bonds. The predicted molar refractivity (Wildman–Crippen MR) is 95.0 cm³/mol. The summed E-state index contributed by atoms with van der Waals surface area (Å²) in [4.78, 5) is 0.989. The zero-order valence-electron chi connectivity index (χ0n) is 12.6. The summed E-state index contributed by atoms with van der Waals surface area (Å²) in [6, 6.07) is 15.4. The van der Waals surface area contributed by atoms with Crippen molar-refractivity contribution < 1.29 is 0 Å². The molecule has 1 heteroatoms. The van der Waals surface area contributed by atoms with E-state index in [-0.39, 0.29) is 0 Å². The van der Waals surface area contributed by atoms with Crippen molar-refractivity contribution >= 4 is 22.7 Å². The number of hydrogen-bond donors (Lipinski definition) is 0. The molecule has 21 heavy (non-hydrogen) atoms. The predicted octanol–water partition coefficient (Wildman–Crippen LogP) is 5.31. The fourth-order valence-corrected chi connectivity index (χ4v) is 3.31. The Hall–Kier alpha value is -1.73. The lowest BCUT2D eigenvalue weighted by molar-refractivity contribution is 0.918. The highest BCUT2D eigenvalue weighted by atomic mass is 32.1. The van der Waals surface area contributed by atoms with Crippen molar-refractivity contribution in [2.24, 2.45) is 0 Å². The minimum atomic E-state index is 0.982. The van der Waals surface area contributed by atoms with Gasteiger partial charge >= 0.3 is 0 Å². The number of fused-ring (bicyclic) bond motifs is 1. The van der Waals surface area contributed by atoms with Gasteiger partial charge in [-0.25, -0.2) is 0 Å². The van der Waals surface area contributed by atoms with Gasteiger partial charge in [0.25, 0.3) is 0 Å². The summed E-state index contributed by atoms with van der Waals surface area (Å²) in [7, 11) is 0. The molecule has 1 aliphatic carbocycles. The quantitative estimate of drug-likeness (QED) is 0.691. The fourth-order valence-electron chi connectivity index (χ4n) is 2.91. The van der Waals surface area contributed by atoms with Crippen molar-refractivity contribution in [3.8, 4) is 0 Å². The molecular formula is C20H20S. The molecule has 3 rings (SSSR count). The van der Waals surface area contributed by atoms with Crippen LogP contribution in [0, 0.1) is 6.92 Å². The van der Waals surface area contributed by atoms with Gasteiger partial charge in [0.05, 0.1) is 4.86 Å². The third-order valence-electron chi connectivity index (χ3n) is 4.09. The van der Waals surface area contributed by atoms with Gasteiger partial charge in [0.2, 0.25) is 0 Å². The number of thiocarbonyl (C=S) groups is 1. The summed E-state index contributed by atoms with van der Waals surface area (Å²) in [5.74, 6) is 0. The highest BCUT2D eigenvalue weighted by molar-refractivity contribution is 7.82. The molecular weight excluding hydrogens is 272 g/mol. The lowest BCUT2D eigenvalue weighted by atomic mass is 9.86. The maximum atomic E-state index is 5.74. The van der Waals surface area contributed by atoms with E-state index in [0.29, 0.717) is 0 Å². The second-order valence-electron chi connectivity index (χ2n) is 5.76. The van der Waals surface area contributed by atoms with E-state index in [1.54, 1.807) is 0 Å². The average Bonchev–Trinajstić information content (AvgIpc) is 2.49. The van der Waals surface area contributed by atoms with Crippen molar-refractivity contribution in [3.05, 3.63) is 76.4 Å². The Morgan fingerprint density at radius 1 is 1.05 bits per heavy atom. The molecule has 0 nitrogen and oxygen atoms in total. The van der Waals surface area contributed by atoms with Crippen molar-refractivity contribution in [3.63, 3.8) is 0 Å². The second kappa shape index (κ2) is 5.95.